The van der Waals surface area contributed by atoms with Crippen LogP contribution in [0.15, 0.2) is 24.3 Å². The van der Waals surface area contributed by atoms with E-state index in [0.29, 0.717) is 13.1 Å². The Morgan fingerprint density at radius 2 is 2.25 bits per heavy atom. The Balaban J connectivity index is 1.78. The first-order valence-electron chi connectivity index (χ1n) is 7.29. The topological polar surface area (TPSA) is 52.6 Å². The lowest BCUT2D eigenvalue weighted by Gasteiger charge is -2.18. The molecule has 1 aromatic carbocycles. The molecule has 0 radical (unpaired) electrons. The Morgan fingerprint density at radius 1 is 1.50 bits per heavy atom. The lowest BCUT2D eigenvalue weighted by atomic mass is 10.0. The number of rotatable bonds is 5. The third-order valence-corrected chi connectivity index (χ3v) is 3.81. The molecule has 2 rings (SSSR count). The molecule has 0 saturated carbocycles. The van der Waals surface area contributed by atoms with Crippen LogP contribution in [0.25, 0.3) is 0 Å². The molecule has 1 unspecified atom stereocenters. The van der Waals surface area contributed by atoms with Crippen molar-refractivity contribution >= 4 is 5.91 Å². The SMILES string of the molecule is Cc1ccccc1CC(C)NC(=O)CN1CC[C@H](O)C1. The van der Waals surface area contributed by atoms with Gasteiger partial charge in [0.2, 0.25) is 5.91 Å². The van der Waals surface area contributed by atoms with Crippen LogP contribution in [-0.4, -0.2) is 47.7 Å². The van der Waals surface area contributed by atoms with Crippen LogP contribution >= 0.6 is 0 Å². The van der Waals surface area contributed by atoms with Crippen LogP contribution in [0.1, 0.15) is 24.5 Å². The molecule has 2 N–H and O–H groups in total. The highest BCUT2D eigenvalue weighted by Gasteiger charge is 2.22. The lowest BCUT2D eigenvalue weighted by Crippen LogP contribution is -2.41. The maximum atomic E-state index is 12.0. The fourth-order valence-electron chi connectivity index (χ4n) is 2.70. The van der Waals surface area contributed by atoms with Crippen LogP contribution in [0.5, 0.6) is 0 Å². The number of hydrogen-bond donors (Lipinski definition) is 2. The van der Waals surface area contributed by atoms with E-state index in [0.717, 1.165) is 19.4 Å². The minimum absolute atomic E-state index is 0.0418. The average Bonchev–Trinajstić information content (AvgIpc) is 2.77. The van der Waals surface area contributed by atoms with Crippen molar-refractivity contribution in [2.75, 3.05) is 19.6 Å². The maximum absolute atomic E-state index is 12.0. The van der Waals surface area contributed by atoms with Gasteiger partial charge < -0.3 is 10.4 Å². The molecule has 1 aliphatic heterocycles. The number of aliphatic hydroxyl groups is 1. The number of carbonyl (C=O) groups is 1. The van der Waals surface area contributed by atoms with Gasteiger partial charge in [0.15, 0.2) is 0 Å². The molecule has 0 aromatic heterocycles. The van der Waals surface area contributed by atoms with Crippen molar-refractivity contribution in [3.63, 3.8) is 0 Å². The predicted octanol–water partition coefficient (Wildman–Crippen LogP) is 1.11. The highest BCUT2D eigenvalue weighted by molar-refractivity contribution is 5.78. The molecule has 4 heteroatoms. The summed E-state index contributed by atoms with van der Waals surface area (Å²) >= 11 is 0. The van der Waals surface area contributed by atoms with Gasteiger partial charge in [0.1, 0.15) is 0 Å². The smallest absolute Gasteiger partial charge is 0.234 e. The fraction of sp³-hybridized carbons (Fsp3) is 0.562. The Kier molecular flexibility index (Phi) is 5.15. The van der Waals surface area contributed by atoms with E-state index >= 15 is 0 Å². The highest BCUT2D eigenvalue weighted by atomic mass is 16.3. The monoisotopic (exact) mass is 276 g/mol. The minimum atomic E-state index is -0.271. The van der Waals surface area contributed by atoms with E-state index < -0.39 is 0 Å². The van der Waals surface area contributed by atoms with Gasteiger partial charge in [0.25, 0.3) is 0 Å². The number of benzene rings is 1. The van der Waals surface area contributed by atoms with Gasteiger partial charge in [0.05, 0.1) is 12.6 Å². The molecule has 0 bridgehead atoms. The van der Waals surface area contributed by atoms with Crippen molar-refractivity contribution < 1.29 is 9.90 Å². The summed E-state index contributed by atoms with van der Waals surface area (Å²) in [4.78, 5) is 14.0. The summed E-state index contributed by atoms with van der Waals surface area (Å²) < 4.78 is 0. The third-order valence-electron chi connectivity index (χ3n) is 3.81. The highest BCUT2D eigenvalue weighted by Crippen LogP contribution is 2.10. The van der Waals surface area contributed by atoms with Crippen LogP contribution in [0.2, 0.25) is 0 Å². The van der Waals surface area contributed by atoms with Crippen molar-refractivity contribution in [3.05, 3.63) is 35.4 Å². The first-order chi connectivity index (χ1) is 9.54. The summed E-state index contributed by atoms with van der Waals surface area (Å²) in [5.41, 5.74) is 2.54. The molecule has 4 nitrogen and oxygen atoms in total. The Morgan fingerprint density at radius 3 is 2.90 bits per heavy atom. The second-order valence-electron chi connectivity index (χ2n) is 5.78. The standard InChI is InChI=1S/C16H24N2O2/c1-12-5-3-4-6-14(12)9-13(2)17-16(20)11-18-8-7-15(19)10-18/h3-6,13,15,19H,7-11H2,1-2H3,(H,17,20)/t13?,15-/m0/s1. The maximum Gasteiger partial charge on any atom is 0.234 e. The molecule has 1 saturated heterocycles. The fourth-order valence-corrected chi connectivity index (χ4v) is 2.70. The van der Waals surface area contributed by atoms with E-state index in [9.17, 15) is 9.90 Å². The van der Waals surface area contributed by atoms with E-state index in [2.05, 4.69) is 24.4 Å². The van der Waals surface area contributed by atoms with Gasteiger partial charge in [-0.2, -0.15) is 0 Å². The van der Waals surface area contributed by atoms with E-state index in [1.807, 2.05) is 24.0 Å². The van der Waals surface area contributed by atoms with Crippen molar-refractivity contribution in [1.29, 1.82) is 0 Å². The predicted molar refractivity (Wildman–Crippen MR) is 79.6 cm³/mol. The zero-order valence-corrected chi connectivity index (χ0v) is 12.3. The Bertz CT molecular complexity index is 462. The number of carbonyl (C=O) groups excluding carboxylic acids is 1. The second-order valence-corrected chi connectivity index (χ2v) is 5.78. The lowest BCUT2D eigenvalue weighted by molar-refractivity contribution is -0.122. The summed E-state index contributed by atoms with van der Waals surface area (Å²) in [6.45, 7) is 5.92. The third kappa shape index (κ3) is 4.32. The first kappa shape index (κ1) is 15.0. The number of β-amino-alcohol motifs (C(OH)–C–C–N with tert-alkyl or cyclic N) is 1. The molecule has 1 fully saturated rings. The van der Waals surface area contributed by atoms with Gasteiger partial charge in [0, 0.05) is 19.1 Å². The summed E-state index contributed by atoms with van der Waals surface area (Å²) in [7, 11) is 0. The van der Waals surface area contributed by atoms with Gasteiger partial charge in [-0.05, 0) is 37.8 Å². The minimum Gasteiger partial charge on any atom is -0.392 e. The van der Waals surface area contributed by atoms with E-state index in [-0.39, 0.29) is 18.1 Å². The molecule has 110 valence electrons. The molecule has 20 heavy (non-hydrogen) atoms. The van der Waals surface area contributed by atoms with Crippen molar-refractivity contribution in [2.24, 2.45) is 0 Å². The average molecular weight is 276 g/mol. The molecule has 0 aliphatic carbocycles. The van der Waals surface area contributed by atoms with Gasteiger partial charge in [-0.15, -0.1) is 0 Å². The van der Waals surface area contributed by atoms with E-state index in [4.69, 9.17) is 0 Å². The number of likely N-dealkylation sites (tertiary alicyclic amines) is 1. The van der Waals surface area contributed by atoms with Gasteiger partial charge in [-0.3, -0.25) is 9.69 Å². The number of nitrogens with one attached hydrogen (secondary N) is 1. The summed E-state index contributed by atoms with van der Waals surface area (Å²) in [6, 6.07) is 8.38. The van der Waals surface area contributed by atoms with Crippen LogP contribution in [-0.2, 0) is 11.2 Å². The first-order valence-corrected chi connectivity index (χ1v) is 7.29. The van der Waals surface area contributed by atoms with Crippen molar-refractivity contribution in [1.82, 2.24) is 10.2 Å². The molecule has 1 aromatic rings. The summed E-state index contributed by atoms with van der Waals surface area (Å²) in [6.07, 6.45) is 1.35. The largest absolute Gasteiger partial charge is 0.392 e. The number of aliphatic hydroxyl groups excluding tert-OH is 1. The molecule has 1 heterocycles. The molecule has 1 amide bonds. The Hall–Kier alpha value is -1.39. The quantitative estimate of drug-likeness (QED) is 0.847. The van der Waals surface area contributed by atoms with Crippen molar-refractivity contribution in [3.8, 4) is 0 Å². The normalized spacial score (nSPS) is 20.9. The summed E-state index contributed by atoms with van der Waals surface area (Å²) in [5, 5.41) is 12.5. The second kappa shape index (κ2) is 6.86. The van der Waals surface area contributed by atoms with Crippen LogP contribution in [0, 0.1) is 6.92 Å². The Labute approximate surface area is 120 Å². The van der Waals surface area contributed by atoms with Crippen LogP contribution in [0.4, 0.5) is 0 Å². The molecular weight excluding hydrogens is 252 g/mol. The van der Waals surface area contributed by atoms with Crippen LogP contribution in [0.3, 0.4) is 0 Å². The van der Waals surface area contributed by atoms with E-state index in [1.54, 1.807) is 0 Å². The zero-order chi connectivity index (χ0) is 14.5. The number of hydrogen-bond acceptors (Lipinski definition) is 3. The van der Waals surface area contributed by atoms with Gasteiger partial charge in [-0.1, -0.05) is 24.3 Å². The van der Waals surface area contributed by atoms with Gasteiger partial charge >= 0.3 is 0 Å². The van der Waals surface area contributed by atoms with Gasteiger partial charge in [-0.25, -0.2) is 0 Å². The summed E-state index contributed by atoms with van der Waals surface area (Å²) in [5.74, 6) is 0.0418. The molecular formula is C16H24N2O2. The number of aryl methyl sites for hydroxylation is 1. The zero-order valence-electron chi connectivity index (χ0n) is 12.3. The number of nitrogens with zero attached hydrogens (tertiary/aromatic N) is 1. The number of amides is 1. The molecule has 2 atom stereocenters. The van der Waals surface area contributed by atoms with Crippen LogP contribution < -0.4 is 5.32 Å². The van der Waals surface area contributed by atoms with Crippen molar-refractivity contribution in [2.45, 2.75) is 38.8 Å². The molecule has 0 spiro atoms. The molecule has 1 aliphatic rings. The van der Waals surface area contributed by atoms with E-state index in [1.165, 1.54) is 11.1 Å².